The van der Waals surface area contributed by atoms with E-state index in [-0.39, 0.29) is 12.5 Å². The summed E-state index contributed by atoms with van der Waals surface area (Å²) in [5.41, 5.74) is 1.29. The third-order valence-corrected chi connectivity index (χ3v) is 3.68. The van der Waals surface area contributed by atoms with Gasteiger partial charge in [0, 0.05) is 10.2 Å². The van der Waals surface area contributed by atoms with Crippen LogP contribution in [0.5, 0.6) is 0 Å². The van der Waals surface area contributed by atoms with Gasteiger partial charge in [0.2, 0.25) is 5.91 Å². The van der Waals surface area contributed by atoms with Crippen molar-refractivity contribution in [3.63, 3.8) is 0 Å². The number of anilines is 1. The highest BCUT2D eigenvalue weighted by Crippen LogP contribution is 2.15. The third-order valence-electron chi connectivity index (χ3n) is 2.98. The van der Waals surface area contributed by atoms with Crippen molar-refractivity contribution in [1.82, 2.24) is 5.32 Å². The second kappa shape index (κ2) is 7.17. The van der Waals surface area contributed by atoms with E-state index >= 15 is 0 Å². The van der Waals surface area contributed by atoms with E-state index in [1.165, 1.54) is 6.07 Å². The molecular weight excluding hydrogens is 351 g/mol. The normalized spacial score (nSPS) is 10.1. The van der Waals surface area contributed by atoms with Crippen LogP contribution in [0.15, 0.2) is 46.9 Å². The van der Waals surface area contributed by atoms with Crippen LogP contribution in [-0.2, 0) is 4.79 Å². The van der Waals surface area contributed by atoms with Gasteiger partial charge >= 0.3 is 0 Å². The number of halogens is 2. The number of carbonyl (C=O) groups is 2. The molecule has 0 aliphatic heterocycles. The van der Waals surface area contributed by atoms with Crippen molar-refractivity contribution in [3.05, 3.63) is 63.9 Å². The van der Waals surface area contributed by atoms with Crippen molar-refractivity contribution in [2.24, 2.45) is 0 Å². The zero-order valence-electron chi connectivity index (χ0n) is 11.8. The number of benzene rings is 2. The minimum atomic E-state index is -0.427. The van der Waals surface area contributed by atoms with E-state index in [1.807, 2.05) is 0 Å². The van der Waals surface area contributed by atoms with Gasteiger partial charge in [-0.05, 0) is 52.7 Å². The van der Waals surface area contributed by atoms with E-state index in [2.05, 4.69) is 26.6 Å². The molecule has 0 heterocycles. The van der Waals surface area contributed by atoms with Crippen LogP contribution >= 0.6 is 15.9 Å². The fraction of sp³-hybridized carbons (Fsp3) is 0.125. The number of nitrogens with one attached hydrogen (secondary N) is 2. The lowest BCUT2D eigenvalue weighted by molar-refractivity contribution is -0.115. The van der Waals surface area contributed by atoms with Gasteiger partial charge in [-0.3, -0.25) is 9.59 Å². The molecule has 0 saturated heterocycles. The molecule has 2 N–H and O–H groups in total. The van der Waals surface area contributed by atoms with Crippen molar-refractivity contribution in [2.75, 3.05) is 11.9 Å². The molecule has 6 heteroatoms. The maximum atomic E-state index is 13.4. The first-order valence-corrected chi connectivity index (χ1v) is 7.35. The summed E-state index contributed by atoms with van der Waals surface area (Å²) in [5, 5.41) is 5.04. The Hall–Kier alpha value is -2.21. The Kier molecular flexibility index (Phi) is 5.27. The molecule has 4 nitrogen and oxygen atoms in total. The minimum Gasteiger partial charge on any atom is -0.343 e. The first-order valence-electron chi connectivity index (χ1n) is 6.56. The molecule has 0 spiro atoms. The zero-order valence-corrected chi connectivity index (χ0v) is 13.4. The maximum Gasteiger partial charge on any atom is 0.252 e. The standard InChI is InChI=1S/C16H14BrFN2O2/c1-10-6-7-11(8-14(10)18)20-15(21)9-19-16(22)12-4-2-3-5-13(12)17/h2-8H,9H2,1H3,(H,19,22)(H,20,21). The lowest BCUT2D eigenvalue weighted by Crippen LogP contribution is -2.33. The summed E-state index contributed by atoms with van der Waals surface area (Å²) < 4.78 is 14.0. The average molecular weight is 365 g/mol. The van der Waals surface area contributed by atoms with E-state index in [1.54, 1.807) is 43.3 Å². The zero-order chi connectivity index (χ0) is 16.1. The molecule has 0 aliphatic rings. The second-order valence-electron chi connectivity index (χ2n) is 4.67. The average Bonchev–Trinajstić information content (AvgIpc) is 2.49. The third kappa shape index (κ3) is 4.14. The van der Waals surface area contributed by atoms with E-state index in [0.29, 0.717) is 21.3 Å². The molecular formula is C16H14BrFN2O2. The van der Waals surface area contributed by atoms with Crippen molar-refractivity contribution in [3.8, 4) is 0 Å². The largest absolute Gasteiger partial charge is 0.343 e. The molecule has 0 aliphatic carbocycles. The van der Waals surface area contributed by atoms with Crippen LogP contribution < -0.4 is 10.6 Å². The fourth-order valence-corrected chi connectivity index (χ4v) is 2.24. The quantitative estimate of drug-likeness (QED) is 0.874. The summed E-state index contributed by atoms with van der Waals surface area (Å²) in [5.74, 6) is -1.18. The number of carbonyl (C=O) groups excluding carboxylic acids is 2. The lowest BCUT2D eigenvalue weighted by Gasteiger charge is -2.08. The number of hydrogen-bond acceptors (Lipinski definition) is 2. The number of hydrogen-bond donors (Lipinski definition) is 2. The maximum absolute atomic E-state index is 13.4. The predicted octanol–water partition coefficient (Wildman–Crippen LogP) is 3.27. The summed E-state index contributed by atoms with van der Waals surface area (Å²) >= 11 is 3.27. The number of aryl methyl sites for hydroxylation is 1. The summed E-state index contributed by atoms with van der Waals surface area (Å²) in [6.07, 6.45) is 0. The van der Waals surface area contributed by atoms with Gasteiger partial charge in [0.25, 0.3) is 5.91 Å². The number of amides is 2. The van der Waals surface area contributed by atoms with Crippen molar-refractivity contribution >= 4 is 33.4 Å². The Morgan fingerprint density at radius 2 is 1.91 bits per heavy atom. The van der Waals surface area contributed by atoms with Gasteiger partial charge in [-0.25, -0.2) is 4.39 Å². The van der Waals surface area contributed by atoms with Crippen LogP contribution in [0.1, 0.15) is 15.9 Å². The van der Waals surface area contributed by atoms with Gasteiger partial charge in [-0.1, -0.05) is 18.2 Å². The highest BCUT2D eigenvalue weighted by atomic mass is 79.9. The van der Waals surface area contributed by atoms with Gasteiger partial charge in [-0.2, -0.15) is 0 Å². The Balaban J connectivity index is 1.91. The Morgan fingerprint density at radius 1 is 1.18 bits per heavy atom. The van der Waals surface area contributed by atoms with Crippen LogP contribution in [0.3, 0.4) is 0 Å². The Labute approximate surface area is 135 Å². The molecule has 2 rings (SSSR count). The molecule has 0 bridgehead atoms. The monoisotopic (exact) mass is 364 g/mol. The molecule has 114 valence electrons. The molecule has 2 aromatic carbocycles. The fourth-order valence-electron chi connectivity index (χ4n) is 1.78. The van der Waals surface area contributed by atoms with Crippen LogP contribution in [0.4, 0.5) is 10.1 Å². The van der Waals surface area contributed by atoms with Crippen LogP contribution in [0.25, 0.3) is 0 Å². The number of rotatable bonds is 4. The first-order chi connectivity index (χ1) is 10.5. The summed E-state index contributed by atoms with van der Waals surface area (Å²) in [6.45, 7) is 1.44. The first kappa shape index (κ1) is 16.2. The van der Waals surface area contributed by atoms with Crippen molar-refractivity contribution < 1.29 is 14.0 Å². The Morgan fingerprint density at radius 3 is 2.59 bits per heavy atom. The summed E-state index contributed by atoms with van der Waals surface area (Å²) in [4.78, 5) is 23.7. The molecule has 0 fully saturated rings. The van der Waals surface area contributed by atoms with Crippen LogP contribution in [-0.4, -0.2) is 18.4 Å². The molecule has 0 radical (unpaired) electrons. The second-order valence-corrected chi connectivity index (χ2v) is 5.53. The van der Waals surface area contributed by atoms with Crippen LogP contribution in [0, 0.1) is 12.7 Å². The van der Waals surface area contributed by atoms with E-state index in [0.717, 1.165) is 0 Å². The smallest absolute Gasteiger partial charge is 0.252 e. The van der Waals surface area contributed by atoms with Crippen molar-refractivity contribution in [1.29, 1.82) is 0 Å². The molecule has 0 saturated carbocycles. The summed E-state index contributed by atoms with van der Waals surface area (Å²) in [7, 11) is 0. The Bertz CT molecular complexity index is 719. The van der Waals surface area contributed by atoms with E-state index < -0.39 is 11.7 Å². The van der Waals surface area contributed by atoms with Gasteiger partial charge in [-0.15, -0.1) is 0 Å². The molecule has 2 amide bonds. The molecule has 22 heavy (non-hydrogen) atoms. The molecule has 0 unspecified atom stereocenters. The highest BCUT2D eigenvalue weighted by molar-refractivity contribution is 9.10. The molecule has 2 aromatic rings. The van der Waals surface area contributed by atoms with Gasteiger partial charge in [0.1, 0.15) is 5.82 Å². The predicted molar refractivity (Wildman–Crippen MR) is 86.2 cm³/mol. The van der Waals surface area contributed by atoms with Gasteiger partial charge in [0.05, 0.1) is 12.1 Å². The lowest BCUT2D eigenvalue weighted by atomic mass is 10.2. The topological polar surface area (TPSA) is 58.2 Å². The van der Waals surface area contributed by atoms with Crippen molar-refractivity contribution in [2.45, 2.75) is 6.92 Å². The molecule has 0 atom stereocenters. The van der Waals surface area contributed by atoms with E-state index in [9.17, 15) is 14.0 Å². The highest BCUT2D eigenvalue weighted by Gasteiger charge is 2.11. The SMILES string of the molecule is Cc1ccc(NC(=O)CNC(=O)c2ccccc2Br)cc1F. The van der Waals surface area contributed by atoms with Gasteiger partial charge in [0.15, 0.2) is 0 Å². The van der Waals surface area contributed by atoms with Gasteiger partial charge < -0.3 is 10.6 Å². The van der Waals surface area contributed by atoms with Crippen LogP contribution in [0.2, 0.25) is 0 Å². The van der Waals surface area contributed by atoms with E-state index in [4.69, 9.17) is 0 Å². The molecule has 0 aromatic heterocycles. The summed E-state index contributed by atoms with van der Waals surface area (Å²) in [6, 6.07) is 11.3. The minimum absolute atomic E-state index is 0.199.